The molecule has 2 aromatic rings. The van der Waals surface area contributed by atoms with E-state index in [1.54, 1.807) is 22.9 Å². The van der Waals surface area contributed by atoms with Gasteiger partial charge in [0.05, 0.1) is 12.5 Å². The Morgan fingerprint density at radius 2 is 1.86 bits per heavy atom. The third kappa shape index (κ3) is 5.26. The highest BCUT2D eigenvalue weighted by molar-refractivity contribution is 7.98. The zero-order valence-electron chi connectivity index (χ0n) is 16.4. The van der Waals surface area contributed by atoms with Crippen molar-refractivity contribution in [3.05, 3.63) is 77.0 Å². The maximum Gasteiger partial charge on any atom is 0.223 e. The van der Waals surface area contributed by atoms with Crippen LogP contribution in [0.25, 0.3) is 6.08 Å². The van der Waals surface area contributed by atoms with E-state index in [9.17, 15) is 9.59 Å². The molecule has 0 saturated carbocycles. The quantitative estimate of drug-likeness (QED) is 0.712. The fraction of sp³-hybridized carbons (Fsp3) is 0.304. The molecule has 1 unspecified atom stereocenters. The summed E-state index contributed by atoms with van der Waals surface area (Å²) in [6.45, 7) is 4.24. The fourth-order valence-corrected chi connectivity index (χ4v) is 4.12. The van der Waals surface area contributed by atoms with Gasteiger partial charge in [0, 0.05) is 31.2 Å². The number of nitrogens with zero attached hydrogens (tertiary/aromatic N) is 1. The summed E-state index contributed by atoms with van der Waals surface area (Å²) in [5.41, 5.74) is 4.64. The van der Waals surface area contributed by atoms with Crippen LogP contribution in [0.4, 0.5) is 0 Å². The van der Waals surface area contributed by atoms with Gasteiger partial charge >= 0.3 is 0 Å². The van der Waals surface area contributed by atoms with Crippen molar-refractivity contribution in [3.8, 4) is 0 Å². The number of carbonyl (C=O) groups excluding carboxylic acids is 2. The number of hydrogen-bond acceptors (Lipinski definition) is 3. The molecule has 3 rings (SSSR count). The minimum absolute atomic E-state index is 0.0303. The monoisotopic (exact) mass is 394 g/mol. The highest BCUT2D eigenvalue weighted by Crippen LogP contribution is 2.32. The Labute approximate surface area is 171 Å². The Kier molecular flexibility index (Phi) is 6.93. The van der Waals surface area contributed by atoms with Crippen LogP contribution in [0.5, 0.6) is 0 Å². The Morgan fingerprint density at radius 1 is 1.11 bits per heavy atom. The number of amides is 2. The summed E-state index contributed by atoms with van der Waals surface area (Å²) >= 11 is 1.80. The maximum absolute atomic E-state index is 12.5. The highest BCUT2D eigenvalue weighted by Gasteiger charge is 2.27. The van der Waals surface area contributed by atoms with Crippen molar-refractivity contribution in [1.82, 2.24) is 10.2 Å². The maximum atomic E-state index is 12.5. The first-order chi connectivity index (χ1) is 13.5. The van der Waals surface area contributed by atoms with Gasteiger partial charge in [-0.3, -0.25) is 9.59 Å². The van der Waals surface area contributed by atoms with Gasteiger partial charge in [-0.25, -0.2) is 0 Å². The van der Waals surface area contributed by atoms with E-state index >= 15 is 0 Å². The molecule has 0 saturated heterocycles. The van der Waals surface area contributed by atoms with E-state index in [1.807, 2.05) is 30.3 Å². The predicted octanol–water partition coefficient (Wildman–Crippen LogP) is 4.31. The van der Waals surface area contributed by atoms with Gasteiger partial charge in [-0.15, -0.1) is 0 Å². The molecule has 0 bridgehead atoms. The van der Waals surface area contributed by atoms with E-state index < -0.39 is 0 Å². The van der Waals surface area contributed by atoms with Crippen LogP contribution in [0.15, 0.2) is 54.7 Å². The van der Waals surface area contributed by atoms with Crippen molar-refractivity contribution < 1.29 is 9.59 Å². The van der Waals surface area contributed by atoms with E-state index in [0.717, 1.165) is 22.6 Å². The minimum atomic E-state index is -0.251. The van der Waals surface area contributed by atoms with E-state index in [-0.39, 0.29) is 24.3 Å². The van der Waals surface area contributed by atoms with Crippen molar-refractivity contribution in [2.45, 2.75) is 32.1 Å². The molecule has 2 aromatic carbocycles. The molecule has 0 fully saturated rings. The molecular weight excluding hydrogens is 368 g/mol. The fourth-order valence-electron chi connectivity index (χ4n) is 3.30. The normalized spacial score (nSPS) is 15.2. The van der Waals surface area contributed by atoms with Crippen LogP contribution in [-0.2, 0) is 15.3 Å². The zero-order chi connectivity index (χ0) is 19.9. The lowest BCUT2D eigenvalue weighted by atomic mass is 9.93. The number of hydrogen-bond donors (Lipinski definition) is 1. The van der Waals surface area contributed by atoms with Crippen molar-refractivity contribution in [2.75, 3.05) is 12.3 Å². The zero-order valence-corrected chi connectivity index (χ0v) is 17.2. The summed E-state index contributed by atoms with van der Waals surface area (Å²) in [5.74, 6) is 1.71. The molecule has 0 aromatic heterocycles. The molecule has 28 heavy (non-hydrogen) atoms. The van der Waals surface area contributed by atoms with E-state index in [2.05, 4.69) is 36.5 Å². The number of benzene rings is 2. The number of carbonyl (C=O) groups is 2. The summed E-state index contributed by atoms with van der Waals surface area (Å²) in [6, 6.07) is 16.2. The van der Waals surface area contributed by atoms with E-state index in [4.69, 9.17) is 0 Å². The molecule has 1 atom stereocenters. The topological polar surface area (TPSA) is 49.4 Å². The van der Waals surface area contributed by atoms with Crippen molar-refractivity contribution in [1.29, 1.82) is 0 Å². The van der Waals surface area contributed by atoms with Gasteiger partial charge in [0.1, 0.15) is 0 Å². The van der Waals surface area contributed by atoms with Gasteiger partial charge in [0.2, 0.25) is 11.8 Å². The van der Waals surface area contributed by atoms with Gasteiger partial charge in [-0.1, -0.05) is 54.1 Å². The van der Waals surface area contributed by atoms with Crippen LogP contribution in [0.2, 0.25) is 0 Å². The first-order valence-corrected chi connectivity index (χ1v) is 10.7. The molecule has 5 heteroatoms. The lowest BCUT2D eigenvalue weighted by Gasteiger charge is -2.32. The molecule has 0 spiro atoms. The smallest absolute Gasteiger partial charge is 0.223 e. The summed E-state index contributed by atoms with van der Waals surface area (Å²) < 4.78 is 0. The second kappa shape index (κ2) is 9.60. The number of nitrogens with one attached hydrogen (secondary N) is 1. The molecule has 1 aliphatic rings. The third-order valence-corrected chi connectivity index (χ3v) is 5.84. The van der Waals surface area contributed by atoms with Crippen molar-refractivity contribution >= 4 is 29.7 Å². The van der Waals surface area contributed by atoms with Crippen molar-refractivity contribution in [2.24, 2.45) is 0 Å². The third-order valence-electron chi connectivity index (χ3n) is 4.81. The Balaban J connectivity index is 1.48. The molecule has 0 radical (unpaired) electrons. The lowest BCUT2D eigenvalue weighted by Crippen LogP contribution is -2.35. The Morgan fingerprint density at radius 3 is 2.61 bits per heavy atom. The molecule has 146 valence electrons. The molecule has 1 aliphatic heterocycles. The number of rotatable bonds is 7. The summed E-state index contributed by atoms with van der Waals surface area (Å²) in [5, 5.41) is 2.99. The van der Waals surface area contributed by atoms with Crippen LogP contribution in [0.3, 0.4) is 0 Å². The van der Waals surface area contributed by atoms with Crippen LogP contribution >= 0.6 is 11.8 Å². The summed E-state index contributed by atoms with van der Waals surface area (Å²) in [6.07, 6.45) is 3.97. The number of aryl methyl sites for hydroxylation is 1. The molecule has 2 amide bonds. The van der Waals surface area contributed by atoms with Gasteiger partial charge in [-0.2, -0.15) is 11.8 Å². The highest BCUT2D eigenvalue weighted by atomic mass is 32.2. The van der Waals surface area contributed by atoms with Gasteiger partial charge in [0.25, 0.3) is 0 Å². The van der Waals surface area contributed by atoms with Crippen LogP contribution in [0, 0.1) is 6.92 Å². The summed E-state index contributed by atoms with van der Waals surface area (Å²) in [7, 11) is 0. The van der Waals surface area contributed by atoms with Gasteiger partial charge in [-0.05, 0) is 29.7 Å². The average molecular weight is 395 g/mol. The van der Waals surface area contributed by atoms with E-state index in [0.29, 0.717) is 6.54 Å². The molecule has 1 N–H and O–H groups in total. The Hall–Kier alpha value is -2.53. The SMILES string of the molecule is CC(=O)N1C=Cc2ccccc2C1CC(=O)NCCSCc1ccc(C)cc1. The standard InChI is InChI=1S/C23H26N2O2S/c1-17-7-9-19(10-8-17)16-28-14-12-24-23(27)15-22-21-6-4-3-5-20(21)11-13-25(22)18(2)26/h3-11,13,22H,12,14-16H2,1-2H3,(H,24,27). The van der Waals surface area contributed by atoms with Crippen LogP contribution in [-0.4, -0.2) is 29.0 Å². The predicted molar refractivity (Wildman–Crippen MR) is 116 cm³/mol. The second-order valence-corrected chi connectivity index (χ2v) is 8.08. The minimum Gasteiger partial charge on any atom is -0.355 e. The van der Waals surface area contributed by atoms with Crippen LogP contribution in [0.1, 0.15) is 41.6 Å². The molecule has 4 nitrogen and oxygen atoms in total. The van der Waals surface area contributed by atoms with Crippen molar-refractivity contribution in [3.63, 3.8) is 0 Å². The number of fused-ring (bicyclic) bond motifs is 1. The molecular formula is C23H26N2O2S. The molecule has 0 aliphatic carbocycles. The molecule has 1 heterocycles. The summed E-state index contributed by atoms with van der Waals surface area (Å²) in [4.78, 5) is 26.1. The first-order valence-electron chi connectivity index (χ1n) is 9.50. The Bertz CT molecular complexity index is 861. The van der Waals surface area contributed by atoms with E-state index in [1.165, 1.54) is 18.1 Å². The van der Waals surface area contributed by atoms with Crippen LogP contribution < -0.4 is 5.32 Å². The number of thioether (sulfide) groups is 1. The second-order valence-electron chi connectivity index (χ2n) is 6.98. The van der Waals surface area contributed by atoms with Gasteiger partial charge in [0.15, 0.2) is 0 Å². The largest absolute Gasteiger partial charge is 0.355 e. The van der Waals surface area contributed by atoms with Gasteiger partial charge < -0.3 is 10.2 Å². The first kappa shape index (κ1) is 20.2. The average Bonchev–Trinajstić information content (AvgIpc) is 2.69. The lowest BCUT2D eigenvalue weighted by molar-refractivity contribution is -0.129.